The summed E-state index contributed by atoms with van der Waals surface area (Å²) >= 11 is 7.20. The molecule has 0 radical (unpaired) electrons. The molecule has 0 fully saturated rings. The predicted molar refractivity (Wildman–Crippen MR) is 103 cm³/mol. The highest BCUT2D eigenvalue weighted by Gasteiger charge is 2.15. The number of benzene rings is 2. The molecule has 4 rings (SSSR count). The average Bonchev–Trinajstić information content (AvgIpc) is 3.29. The molecule has 1 aromatic heterocycles. The van der Waals surface area contributed by atoms with Crippen LogP contribution in [0.2, 0.25) is 5.02 Å². The molecule has 0 aliphatic carbocycles. The number of aromatic nitrogens is 1. The van der Waals surface area contributed by atoms with Crippen LogP contribution >= 0.6 is 22.9 Å². The van der Waals surface area contributed by atoms with Gasteiger partial charge in [-0.25, -0.2) is 4.98 Å². The molecule has 2 aromatic carbocycles. The van der Waals surface area contributed by atoms with Gasteiger partial charge in [-0.05, 0) is 42.0 Å². The molecule has 0 saturated carbocycles. The second-order valence-electron chi connectivity index (χ2n) is 5.48. The van der Waals surface area contributed by atoms with Crippen LogP contribution < -0.4 is 14.8 Å². The van der Waals surface area contributed by atoms with Gasteiger partial charge in [0.2, 0.25) is 12.7 Å². The van der Waals surface area contributed by atoms with Crippen molar-refractivity contribution < 1.29 is 14.3 Å². The van der Waals surface area contributed by atoms with E-state index in [1.54, 1.807) is 18.2 Å². The van der Waals surface area contributed by atoms with Crippen molar-refractivity contribution in [3.05, 3.63) is 64.5 Å². The van der Waals surface area contributed by atoms with E-state index < -0.39 is 0 Å². The summed E-state index contributed by atoms with van der Waals surface area (Å²) in [4.78, 5) is 16.5. The molecule has 3 aromatic rings. The number of anilines is 1. The molecule has 130 valence electrons. The third kappa shape index (κ3) is 3.71. The van der Waals surface area contributed by atoms with Gasteiger partial charge in [0.25, 0.3) is 0 Å². The van der Waals surface area contributed by atoms with Crippen molar-refractivity contribution in [1.82, 2.24) is 4.98 Å². The lowest BCUT2D eigenvalue weighted by Crippen LogP contribution is -2.07. The first-order valence-electron chi connectivity index (χ1n) is 7.77. The molecule has 0 bridgehead atoms. The van der Waals surface area contributed by atoms with Crippen LogP contribution in [0.15, 0.2) is 53.9 Å². The molecule has 0 atom stereocenters. The van der Waals surface area contributed by atoms with Crippen LogP contribution in [0.4, 0.5) is 5.13 Å². The first-order chi connectivity index (χ1) is 12.7. The zero-order valence-corrected chi connectivity index (χ0v) is 15.0. The summed E-state index contributed by atoms with van der Waals surface area (Å²) in [5.74, 6) is 1.18. The monoisotopic (exact) mass is 384 g/mol. The number of hydrogen-bond donors (Lipinski definition) is 1. The Hall–Kier alpha value is -2.83. The molecule has 0 saturated heterocycles. The highest BCUT2D eigenvalue weighted by molar-refractivity contribution is 7.14. The lowest BCUT2D eigenvalue weighted by molar-refractivity contribution is -0.111. The SMILES string of the molecule is O=C(/C=C/c1ccc(Cl)cc1)Nc1nc(-c2ccc3c(c2)OCO3)cs1. The van der Waals surface area contributed by atoms with E-state index >= 15 is 0 Å². The van der Waals surface area contributed by atoms with E-state index in [9.17, 15) is 4.79 Å². The van der Waals surface area contributed by atoms with Gasteiger partial charge in [-0.3, -0.25) is 10.1 Å². The van der Waals surface area contributed by atoms with Gasteiger partial charge in [0.1, 0.15) is 0 Å². The standard InChI is InChI=1S/C19H13ClN2O3S/c20-14-5-1-12(2-6-14)3-8-18(23)22-19-21-15(10-26-19)13-4-7-16-17(9-13)25-11-24-16/h1-10H,11H2,(H,21,22,23)/b8-3+. The summed E-state index contributed by atoms with van der Waals surface area (Å²) in [6.07, 6.45) is 3.18. The van der Waals surface area contributed by atoms with E-state index in [1.165, 1.54) is 17.4 Å². The Morgan fingerprint density at radius 3 is 2.81 bits per heavy atom. The van der Waals surface area contributed by atoms with Crippen LogP contribution in [-0.2, 0) is 4.79 Å². The summed E-state index contributed by atoms with van der Waals surface area (Å²) in [5, 5.41) is 5.84. The van der Waals surface area contributed by atoms with Crippen molar-refractivity contribution in [2.24, 2.45) is 0 Å². The van der Waals surface area contributed by atoms with Crippen LogP contribution in [-0.4, -0.2) is 17.7 Å². The zero-order chi connectivity index (χ0) is 17.9. The average molecular weight is 385 g/mol. The lowest BCUT2D eigenvalue weighted by Gasteiger charge is -2.00. The van der Waals surface area contributed by atoms with Crippen molar-refractivity contribution in [1.29, 1.82) is 0 Å². The number of nitrogens with zero attached hydrogens (tertiary/aromatic N) is 1. The summed E-state index contributed by atoms with van der Waals surface area (Å²) in [5.41, 5.74) is 2.57. The maximum atomic E-state index is 12.1. The molecule has 0 spiro atoms. The number of hydrogen-bond acceptors (Lipinski definition) is 5. The maximum Gasteiger partial charge on any atom is 0.250 e. The smallest absolute Gasteiger partial charge is 0.250 e. The molecule has 5 nitrogen and oxygen atoms in total. The summed E-state index contributed by atoms with van der Waals surface area (Å²) in [7, 11) is 0. The van der Waals surface area contributed by atoms with Crippen LogP contribution in [0, 0.1) is 0 Å². The van der Waals surface area contributed by atoms with Gasteiger partial charge in [-0.2, -0.15) is 0 Å². The van der Waals surface area contributed by atoms with Crippen molar-refractivity contribution in [2.75, 3.05) is 12.1 Å². The van der Waals surface area contributed by atoms with Crippen molar-refractivity contribution in [2.45, 2.75) is 0 Å². The summed E-state index contributed by atoms with van der Waals surface area (Å²) < 4.78 is 10.7. The summed E-state index contributed by atoms with van der Waals surface area (Å²) in [6.45, 7) is 0.233. The normalized spacial score (nSPS) is 12.5. The summed E-state index contributed by atoms with van der Waals surface area (Å²) in [6, 6.07) is 12.9. The molecule has 2 heterocycles. The first kappa shape index (κ1) is 16.6. The van der Waals surface area contributed by atoms with E-state index in [0.717, 1.165) is 22.6 Å². The van der Waals surface area contributed by atoms with Crippen LogP contribution in [0.5, 0.6) is 11.5 Å². The van der Waals surface area contributed by atoms with Crippen molar-refractivity contribution >= 4 is 40.1 Å². The third-order valence-corrected chi connectivity index (χ3v) is 4.71. The van der Waals surface area contributed by atoms with Gasteiger partial charge < -0.3 is 9.47 Å². The fraction of sp³-hybridized carbons (Fsp3) is 0.0526. The number of thiazole rings is 1. The van der Waals surface area contributed by atoms with Gasteiger partial charge in [0, 0.05) is 22.0 Å². The minimum atomic E-state index is -0.244. The first-order valence-corrected chi connectivity index (χ1v) is 9.03. The topological polar surface area (TPSA) is 60.5 Å². The quantitative estimate of drug-likeness (QED) is 0.653. The molecule has 1 N–H and O–H groups in total. The van der Waals surface area contributed by atoms with E-state index in [0.29, 0.717) is 15.9 Å². The Labute approximate surface area is 158 Å². The zero-order valence-electron chi connectivity index (χ0n) is 13.4. The van der Waals surface area contributed by atoms with Crippen molar-refractivity contribution in [3.63, 3.8) is 0 Å². The van der Waals surface area contributed by atoms with Crippen LogP contribution in [0.3, 0.4) is 0 Å². The van der Waals surface area contributed by atoms with E-state index in [1.807, 2.05) is 35.7 Å². The molecule has 1 amide bonds. The molecule has 7 heteroatoms. The van der Waals surface area contributed by atoms with Gasteiger partial charge in [0.05, 0.1) is 5.69 Å². The minimum absolute atomic E-state index is 0.233. The van der Waals surface area contributed by atoms with Gasteiger partial charge in [-0.15, -0.1) is 11.3 Å². The van der Waals surface area contributed by atoms with Gasteiger partial charge >= 0.3 is 0 Å². The maximum absolute atomic E-state index is 12.1. The van der Waals surface area contributed by atoms with E-state index in [2.05, 4.69) is 10.3 Å². The number of carbonyl (C=O) groups excluding carboxylic acids is 1. The predicted octanol–water partition coefficient (Wildman–Crippen LogP) is 4.84. The van der Waals surface area contributed by atoms with Crippen molar-refractivity contribution in [3.8, 4) is 22.8 Å². The Kier molecular flexibility index (Phi) is 4.60. The molecule has 26 heavy (non-hydrogen) atoms. The lowest BCUT2D eigenvalue weighted by atomic mass is 10.1. The van der Waals surface area contributed by atoms with Crippen LogP contribution in [0.1, 0.15) is 5.56 Å². The number of amides is 1. The Bertz CT molecular complexity index is 983. The molecule has 0 unspecified atom stereocenters. The molecule has 1 aliphatic heterocycles. The Morgan fingerprint density at radius 2 is 1.96 bits per heavy atom. The van der Waals surface area contributed by atoms with E-state index in [-0.39, 0.29) is 12.7 Å². The number of rotatable bonds is 4. The number of ether oxygens (including phenoxy) is 2. The molecule has 1 aliphatic rings. The van der Waals surface area contributed by atoms with Crippen LogP contribution in [0.25, 0.3) is 17.3 Å². The second-order valence-corrected chi connectivity index (χ2v) is 6.77. The fourth-order valence-electron chi connectivity index (χ4n) is 2.41. The van der Waals surface area contributed by atoms with Gasteiger partial charge in [0.15, 0.2) is 16.6 Å². The Morgan fingerprint density at radius 1 is 1.15 bits per heavy atom. The highest BCUT2D eigenvalue weighted by Crippen LogP contribution is 2.36. The number of nitrogens with one attached hydrogen (secondary N) is 1. The second kappa shape index (κ2) is 7.19. The third-order valence-electron chi connectivity index (χ3n) is 3.70. The number of carbonyl (C=O) groups is 1. The highest BCUT2D eigenvalue weighted by atomic mass is 35.5. The number of fused-ring (bicyclic) bond motifs is 1. The molecular formula is C19H13ClN2O3S. The largest absolute Gasteiger partial charge is 0.454 e. The fourth-order valence-corrected chi connectivity index (χ4v) is 3.26. The minimum Gasteiger partial charge on any atom is -0.454 e. The number of halogens is 1. The Balaban J connectivity index is 1.43. The van der Waals surface area contributed by atoms with E-state index in [4.69, 9.17) is 21.1 Å². The van der Waals surface area contributed by atoms with Gasteiger partial charge in [-0.1, -0.05) is 23.7 Å². The molecular weight excluding hydrogens is 372 g/mol.